The second-order valence-corrected chi connectivity index (χ2v) is 4.74. The lowest BCUT2D eigenvalue weighted by atomic mass is 10.5. The lowest BCUT2D eigenvalue weighted by molar-refractivity contribution is 1.17. The number of hydrogen-bond donors (Lipinski definition) is 0. The van der Waals surface area contributed by atoms with Crippen LogP contribution in [0.25, 0.3) is 0 Å². The Hall–Kier alpha value is 0.260. The molecule has 0 aromatic carbocycles. The van der Waals surface area contributed by atoms with Gasteiger partial charge in [0, 0.05) is 4.49 Å². The smallest absolute Gasteiger partial charge is 0.0487 e. The summed E-state index contributed by atoms with van der Waals surface area (Å²) in [5.41, 5.74) is 0. The van der Waals surface area contributed by atoms with Gasteiger partial charge in [0.25, 0.3) is 0 Å². The zero-order chi connectivity index (χ0) is 6.62. The molecule has 0 rings (SSSR count). The van der Waals surface area contributed by atoms with Crippen molar-refractivity contribution in [3.8, 4) is 0 Å². The Morgan fingerprint density at radius 1 is 1.62 bits per heavy atom. The Kier molecular flexibility index (Phi) is 3.43. The molecule has 0 bridgehead atoms. The normalized spacial score (nSPS) is 16.8. The Bertz CT molecular complexity index is 96.7. The molecule has 0 radical (unpaired) electrons. The Morgan fingerprint density at radius 2 is 2.12 bits per heavy atom. The second-order valence-electron chi connectivity index (χ2n) is 1.67. The quantitative estimate of drug-likeness (QED) is 0.435. The molecule has 2 atom stereocenters. The zero-order valence-corrected chi connectivity index (χ0v) is 7.03. The maximum absolute atomic E-state index is 3.66. The highest BCUT2D eigenvalue weighted by molar-refractivity contribution is 8.06. The number of rotatable bonds is 3. The topological polar surface area (TPSA) is 0 Å². The highest BCUT2D eigenvalue weighted by Crippen LogP contribution is 2.32. The molecular weight excluding hydrogens is 135 g/mol. The molecule has 0 fully saturated rings. The molecular formula is C6H11PS. The van der Waals surface area contributed by atoms with Gasteiger partial charge in [0.15, 0.2) is 0 Å². The average Bonchev–Trinajstić information content (AvgIpc) is 1.67. The monoisotopic (exact) mass is 146 g/mol. The summed E-state index contributed by atoms with van der Waals surface area (Å²) in [5, 5.41) is 1.81. The van der Waals surface area contributed by atoms with E-state index in [0.29, 0.717) is 0 Å². The molecule has 0 aliphatic rings. The molecule has 0 saturated carbocycles. The summed E-state index contributed by atoms with van der Waals surface area (Å²) in [5.74, 6) is 0. The van der Waals surface area contributed by atoms with Crippen LogP contribution in [0.1, 0.15) is 6.92 Å². The van der Waals surface area contributed by atoms with E-state index in [9.17, 15) is 0 Å². The van der Waals surface area contributed by atoms with Gasteiger partial charge in [-0.15, -0.1) is 27.6 Å². The molecule has 46 valence electrons. The summed E-state index contributed by atoms with van der Waals surface area (Å²) < 4.78 is 0.0712. The van der Waals surface area contributed by atoms with Gasteiger partial charge in [0.05, 0.1) is 0 Å². The van der Waals surface area contributed by atoms with Crippen LogP contribution in [0, 0.1) is 0 Å². The van der Waals surface area contributed by atoms with Crippen LogP contribution < -0.4 is 0 Å². The van der Waals surface area contributed by atoms with Crippen molar-refractivity contribution < 1.29 is 0 Å². The van der Waals surface area contributed by atoms with Crippen LogP contribution in [-0.4, -0.2) is 4.49 Å². The van der Waals surface area contributed by atoms with Crippen molar-refractivity contribution in [3.05, 3.63) is 24.6 Å². The highest BCUT2D eigenvalue weighted by atomic mass is 32.2. The van der Waals surface area contributed by atoms with Crippen LogP contribution in [0.2, 0.25) is 0 Å². The number of hydrogen-bond acceptors (Lipinski definition) is 1. The minimum absolute atomic E-state index is 0.0712. The fourth-order valence-electron chi connectivity index (χ4n) is 0.228. The van der Waals surface area contributed by atoms with Crippen LogP contribution in [0.3, 0.4) is 0 Å². The van der Waals surface area contributed by atoms with Crippen LogP contribution in [0.15, 0.2) is 24.6 Å². The van der Waals surface area contributed by atoms with Crippen LogP contribution in [0.5, 0.6) is 0 Å². The minimum atomic E-state index is 0.0712. The molecule has 0 aliphatic carbocycles. The molecule has 2 heteroatoms. The summed E-state index contributed by atoms with van der Waals surface area (Å²) >= 11 is 1.64. The predicted octanol–water partition coefficient (Wildman–Crippen LogP) is 2.64. The summed E-state index contributed by atoms with van der Waals surface area (Å²) in [7, 11) is 2.69. The van der Waals surface area contributed by atoms with Crippen molar-refractivity contribution in [3.63, 3.8) is 0 Å². The van der Waals surface area contributed by atoms with E-state index in [0.717, 1.165) is 0 Å². The minimum Gasteiger partial charge on any atom is -0.120 e. The first kappa shape index (κ1) is 8.26. The van der Waals surface area contributed by atoms with E-state index in [1.54, 1.807) is 11.8 Å². The summed E-state index contributed by atoms with van der Waals surface area (Å²) in [6, 6.07) is 0. The average molecular weight is 146 g/mol. The van der Waals surface area contributed by atoms with Gasteiger partial charge in [-0.25, -0.2) is 0 Å². The molecule has 0 amide bonds. The Labute approximate surface area is 57.6 Å². The van der Waals surface area contributed by atoms with Gasteiger partial charge in [0.2, 0.25) is 0 Å². The number of thioether (sulfide) groups is 1. The Morgan fingerprint density at radius 3 is 2.25 bits per heavy atom. The van der Waals surface area contributed by atoms with E-state index >= 15 is 0 Å². The van der Waals surface area contributed by atoms with Gasteiger partial charge in [0.1, 0.15) is 0 Å². The molecule has 0 nitrogen and oxygen atoms in total. The van der Waals surface area contributed by atoms with Gasteiger partial charge >= 0.3 is 0 Å². The largest absolute Gasteiger partial charge is 0.120 e. The molecule has 0 aromatic heterocycles. The van der Waals surface area contributed by atoms with Crippen LogP contribution >= 0.6 is 21.0 Å². The molecule has 0 spiro atoms. The summed E-state index contributed by atoms with van der Waals surface area (Å²) in [6.45, 7) is 9.32. The fourth-order valence-corrected chi connectivity index (χ4v) is 0.972. The first-order chi connectivity index (χ1) is 3.62. The van der Waals surface area contributed by atoms with Gasteiger partial charge in [-0.2, -0.15) is 0 Å². The summed E-state index contributed by atoms with van der Waals surface area (Å²) in [6.07, 6.45) is 1.88. The second kappa shape index (κ2) is 3.32. The van der Waals surface area contributed by atoms with Crippen molar-refractivity contribution in [2.45, 2.75) is 11.4 Å². The van der Waals surface area contributed by atoms with E-state index in [-0.39, 0.29) is 4.49 Å². The standard InChI is InChI=1S/C6H11PS/c1-4-6(3,7)8-5-2/h4-5H,1-2,7H2,3H3. The van der Waals surface area contributed by atoms with E-state index in [2.05, 4.69) is 29.3 Å². The van der Waals surface area contributed by atoms with Crippen molar-refractivity contribution in [2.75, 3.05) is 0 Å². The maximum Gasteiger partial charge on any atom is 0.0487 e. The molecule has 0 heterocycles. The predicted molar refractivity (Wildman–Crippen MR) is 46.1 cm³/mol. The Balaban J connectivity index is 3.70. The molecule has 0 saturated heterocycles. The van der Waals surface area contributed by atoms with E-state index in [1.165, 1.54) is 0 Å². The van der Waals surface area contributed by atoms with Crippen molar-refractivity contribution in [1.29, 1.82) is 0 Å². The molecule has 0 aromatic rings. The summed E-state index contributed by atoms with van der Waals surface area (Å²) in [4.78, 5) is 0. The molecule has 0 aliphatic heterocycles. The van der Waals surface area contributed by atoms with Crippen molar-refractivity contribution in [2.24, 2.45) is 0 Å². The van der Waals surface area contributed by atoms with Gasteiger partial charge in [-0.3, -0.25) is 0 Å². The van der Waals surface area contributed by atoms with Crippen molar-refractivity contribution >= 4 is 21.0 Å². The lowest BCUT2D eigenvalue weighted by Gasteiger charge is -2.14. The van der Waals surface area contributed by atoms with Gasteiger partial charge < -0.3 is 0 Å². The third kappa shape index (κ3) is 3.29. The van der Waals surface area contributed by atoms with Gasteiger partial charge in [-0.1, -0.05) is 12.7 Å². The maximum atomic E-state index is 3.66. The van der Waals surface area contributed by atoms with E-state index in [4.69, 9.17) is 0 Å². The zero-order valence-electron chi connectivity index (χ0n) is 5.05. The van der Waals surface area contributed by atoms with E-state index < -0.39 is 0 Å². The lowest BCUT2D eigenvalue weighted by Crippen LogP contribution is -2.00. The molecule has 8 heavy (non-hydrogen) atoms. The third-order valence-corrected chi connectivity index (χ3v) is 2.23. The molecule has 2 unspecified atom stereocenters. The highest BCUT2D eigenvalue weighted by Gasteiger charge is 2.09. The third-order valence-electron chi connectivity index (χ3n) is 0.743. The van der Waals surface area contributed by atoms with Crippen LogP contribution in [0.4, 0.5) is 0 Å². The van der Waals surface area contributed by atoms with Crippen molar-refractivity contribution in [1.82, 2.24) is 0 Å². The molecule has 0 N–H and O–H groups in total. The first-order valence-electron chi connectivity index (χ1n) is 2.33. The van der Waals surface area contributed by atoms with Crippen LogP contribution in [-0.2, 0) is 0 Å². The fraction of sp³-hybridized carbons (Fsp3) is 0.333. The first-order valence-corrected chi connectivity index (χ1v) is 3.79. The van der Waals surface area contributed by atoms with Gasteiger partial charge in [-0.05, 0) is 12.3 Å². The SMILES string of the molecule is C=CSC(C)(P)C=C. The van der Waals surface area contributed by atoms with E-state index in [1.807, 2.05) is 11.5 Å².